The highest BCUT2D eigenvalue weighted by Crippen LogP contribution is 2.22. The van der Waals surface area contributed by atoms with Crippen molar-refractivity contribution in [3.8, 4) is 5.69 Å². The zero-order valence-corrected chi connectivity index (χ0v) is 16.0. The molecule has 0 spiro atoms. The third-order valence-corrected chi connectivity index (χ3v) is 5.13. The fourth-order valence-electron chi connectivity index (χ4n) is 3.69. The standard InChI is InChI=1S/C26H17FN2O/c27-22-13-4-6-15-24(22)29-25(28-23-14-5-3-12-21(23)26(29)30)17-16-19-10-7-9-18-8-1-2-11-20(18)19/h1-17H. The van der Waals surface area contributed by atoms with Gasteiger partial charge in [0.2, 0.25) is 0 Å². The first-order chi connectivity index (χ1) is 14.7. The zero-order valence-electron chi connectivity index (χ0n) is 16.0. The molecule has 0 fully saturated rings. The molecule has 0 aliphatic carbocycles. The molecule has 0 aliphatic heterocycles. The summed E-state index contributed by atoms with van der Waals surface area (Å²) in [5.74, 6) is -0.103. The van der Waals surface area contributed by atoms with Crippen molar-refractivity contribution in [2.24, 2.45) is 0 Å². The van der Waals surface area contributed by atoms with Crippen LogP contribution in [0.15, 0.2) is 95.8 Å². The van der Waals surface area contributed by atoms with Gasteiger partial charge < -0.3 is 0 Å². The molecule has 0 radical (unpaired) electrons. The SMILES string of the molecule is O=c1c2ccccc2nc(C=Cc2cccc3ccccc23)n1-c1ccccc1F. The highest BCUT2D eigenvalue weighted by atomic mass is 19.1. The second-order valence-electron chi connectivity index (χ2n) is 6.98. The first-order valence-electron chi connectivity index (χ1n) is 9.65. The van der Waals surface area contributed by atoms with E-state index in [9.17, 15) is 9.18 Å². The first-order valence-corrected chi connectivity index (χ1v) is 9.65. The van der Waals surface area contributed by atoms with Gasteiger partial charge in [-0.1, -0.05) is 72.8 Å². The van der Waals surface area contributed by atoms with Crippen molar-refractivity contribution in [2.45, 2.75) is 0 Å². The molecule has 30 heavy (non-hydrogen) atoms. The Morgan fingerprint density at radius 3 is 2.30 bits per heavy atom. The summed E-state index contributed by atoms with van der Waals surface area (Å²) >= 11 is 0. The van der Waals surface area contributed by atoms with Crippen LogP contribution in [0.3, 0.4) is 0 Å². The van der Waals surface area contributed by atoms with E-state index in [1.54, 1.807) is 42.5 Å². The van der Waals surface area contributed by atoms with Gasteiger partial charge in [0.25, 0.3) is 5.56 Å². The Morgan fingerprint density at radius 1 is 0.733 bits per heavy atom. The molecule has 0 saturated heterocycles. The fourth-order valence-corrected chi connectivity index (χ4v) is 3.69. The number of benzene rings is 4. The largest absolute Gasteiger partial charge is 0.268 e. The van der Waals surface area contributed by atoms with Gasteiger partial charge in [0.05, 0.1) is 16.6 Å². The number of hydrogen-bond acceptors (Lipinski definition) is 2. The molecule has 5 rings (SSSR count). The smallest absolute Gasteiger partial charge is 0.266 e. The molecule has 0 amide bonds. The lowest BCUT2D eigenvalue weighted by atomic mass is 10.0. The van der Waals surface area contributed by atoms with Crippen LogP contribution < -0.4 is 5.56 Å². The Balaban J connectivity index is 1.76. The molecule has 0 aliphatic rings. The van der Waals surface area contributed by atoms with Gasteiger partial charge in [0, 0.05) is 0 Å². The normalized spacial score (nSPS) is 11.5. The van der Waals surface area contributed by atoms with Crippen molar-refractivity contribution in [1.29, 1.82) is 0 Å². The van der Waals surface area contributed by atoms with Crippen molar-refractivity contribution >= 4 is 33.8 Å². The van der Waals surface area contributed by atoms with Crippen molar-refractivity contribution in [1.82, 2.24) is 9.55 Å². The first kappa shape index (κ1) is 18.0. The highest BCUT2D eigenvalue weighted by molar-refractivity contribution is 5.92. The second-order valence-corrected chi connectivity index (χ2v) is 6.98. The Labute approximate surface area is 172 Å². The third kappa shape index (κ3) is 3.08. The fraction of sp³-hybridized carbons (Fsp3) is 0. The van der Waals surface area contributed by atoms with Crippen LogP contribution in [0.1, 0.15) is 11.4 Å². The summed E-state index contributed by atoms with van der Waals surface area (Å²) < 4.78 is 15.9. The van der Waals surface area contributed by atoms with Crippen LogP contribution in [0.4, 0.5) is 4.39 Å². The molecule has 144 valence electrons. The zero-order chi connectivity index (χ0) is 20.5. The summed E-state index contributed by atoms with van der Waals surface area (Å²) in [6, 6.07) is 27.5. The Bertz CT molecular complexity index is 1480. The van der Waals surface area contributed by atoms with Crippen LogP contribution in [0, 0.1) is 5.82 Å². The Kier molecular flexibility index (Phi) is 4.45. The maximum absolute atomic E-state index is 14.6. The van der Waals surface area contributed by atoms with Crippen LogP contribution in [0.5, 0.6) is 0 Å². The van der Waals surface area contributed by atoms with E-state index in [0.717, 1.165) is 16.3 Å². The molecular formula is C26H17FN2O. The lowest BCUT2D eigenvalue weighted by Crippen LogP contribution is -2.23. The minimum absolute atomic E-state index is 0.179. The third-order valence-electron chi connectivity index (χ3n) is 5.13. The topological polar surface area (TPSA) is 34.9 Å². The van der Waals surface area contributed by atoms with Crippen LogP contribution in [-0.2, 0) is 0 Å². The van der Waals surface area contributed by atoms with Gasteiger partial charge in [-0.3, -0.25) is 9.36 Å². The quantitative estimate of drug-likeness (QED) is 0.386. The van der Waals surface area contributed by atoms with E-state index in [4.69, 9.17) is 0 Å². The Hall–Kier alpha value is -4.05. The second kappa shape index (κ2) is 7.41. The van der Waals surface area contributed by atoms with Crippen molar-refractivity contribution in [2.75, 3.05) is 0 Å². The van der Waals surface area contributed by atoms with E-state index >= 15 is 0 Å². The molecule has 4 aromatic carbocycles. The van der Waals surface area contributed by atoms with Gasteiger partial charge in [0.1, 0.15) is 11.6 Å². The van der Waals surface area contributed by atoms with E-state index in [1.165, 1.54) is 10.6 Å². The van der Waals surface area contributed by atoms with Crippen LogP contribution >= 0.6 is 0 Å². The number of hydrogen-bond donors (Lipinski definition) is 0. The van der Waals surface area contributed by atoms with E-state index in [2.05, 4.69) is 17.1 Å². The van der Waals surface area contributed by atoms with Gasteiger partial charge in [-0.25, -0.2) is 9.37 Å². The number of rotatable bonds is 3. The van der Waals surface area contributed by atoms with Gasteiger partial charge >= 0.3 is 0 Å². The maximum atomic E-state index is 14.6. The van der Waals surface area contributed by atoms with Gasteiger partial charge in [0.15, 0.2) is 0 Å². The summed E-state index contributed by atoms with van der Waals surface area (Å²) in [7, 11) is 0. The molecule has 0 atom stereocenters. The lowest BCUT2D eigenvalue weighted by Gasteiger charge is -2.12. The van der Waals surface area contributed by atoms with Crippen LogP contribution in [0.2, 0.25) is 0 Å². The van der Waals surface area contributed by atoms with Crippen LogP contribution in [0.25, 0.3) is 39.5 Å². The van der Waals surface area contributed by atoms with E-state index in [0.29, 0.717) is 16.7 Å². The monoisotopic (exact) mass is 392 g/mol. The number of fused-ring (bicyclic) bond motifs is 2. The molecule has 0 unspecified atom stereocenters. The average Bonchev–Trinajstić information content (AvgIpc) is 2.78. The number of para-hydroxylation sites is 2. The molecule has 4 heteroatoms. The van der Waals surface area contributed by atoms with Gasteiger partial charge in [-0.05, 0) is 46.7 Å². The number of aromatic nitrogens is 2. The predicted octanol–water partition coefficient (Wildman–Crippen LogP) is 5.85. The predicted molar refractivity (Wildman–Crippen MR) is 120 cm³/mol. The van der Waals surface area contributed by atoms with E-state index < -0.39 is 5.82 Å². The van der Waals surface area contributed by atoms with Crippen molar-refractivity contribution < 1.29 is 4.39 Å². The minimum atomic E-state index is -0.475. The number of halogens is 1. The lowest BCUT2D eigenvalue weighted by molar-refractivity contribution is 0.615. The molecule has 1 aromatic heterocycles. The molecule has 1 heterocycles. The molecule has 5 aromatic rings. The van der Waals surface area contributed by atoms with Crippen molar-refractivity contribution in [3.05, 3.63) is 119 Å². The van der Waals surface area contributed by atoms with Gasteiger partial charge in [-0.2, -0.15) is 0 Å². The summed E-state index contributed by atoms with van der Waals surface area (Å²) in [6.07, 6.45) is 3.68. The van der Waals surface area contributed by atoms with Gasteiger partial charge in [-0.15, -0.1) is 0 Å². The molecule has 0 bridgehead atoms. The summed E-state index contributed by atoms with van der Waals surface area (Å²) in [6.45, 7) is 0. The molecule has 0 N–H and O–H groups in total. The molecular weight excluding hydrogens is 375 g/mol. The summed E-state index contributed by atoms with van der Waals surface area (Å²) in [5.41, 5.74) is 1.45. The van der Waals surface area contributed by atoms with Crippen LogP contribution in [-0.4, -0.2) is 9.55 Å². The minimum Gasteiger partial charge on any atom is -0.268 e. The molecule has 3 nitrogen and oxygen atoms in total. The summed E-state index contributed by atoms with van der Waals surface area (Å²) in [4.78, 5) is 17.9. The number of nitrogens with zero attached hydrogens (tertiary/aromatic N) is 2. The molecule has 0 saturated carbocycles. The summed E-state index contributed by atoms with van der Waals surface area (Å²) in [5, 5.41) is 2.66. The van der Waals surface area contributed by atoms with E-state index in [1.807, 2.05) is 42.5 Å². The maximum Gasteiger partial charge on any atom is 0.266 e. The highest BCUT2D eigenvalue weighted by Gasteiger charge is 2.13. The van der Waals surface area contributed by atoms with E-state index in [-0.39, 0.29) is 11.2 Å². The Morgan fingerprint density at radius 2 is 1.43 bits per heavy atom. The average molecular weight is 392 g/mol. The van der Waals surface area contributed by atoms with Crippen molar-refractivity contribution in [3.63, 3.8) is 0 Å².